The van der Waals surface area contributed by atoms with E-state index in [0.717, 1.165) is 19.4 Å². The monoisotopic (exact) mass is 247 g/mol. The van der Waals surface area contributed by atoms with Gasteiger partial charge >= 0.3 is 5.97 Å². The van der Waals surface area contributed by atoms with Gasteiger partial charge in [-0.1, -0.05) is 18.2 Å². The number of carbonyl (C=O) groups is 1. The summed E-state index contributed by atoms with van der Waals surface area (Å²) in [6.45, 7) is 5.64. The van der Waals surface area contributed by atoms with Crippen LogP contribution in [0, 0.1) is 19.3 Å². The summed E-state index contributed by atoms with van der Waals surface area (Å²) in [5.74, 6) is -0.669. The van der Waals surface area contributed by atoms with Crippen molar-refractivity contribution in [3.05, 3.63) is 34.9 Å². The van der Waals surface area contributed by atoms with E-state index in [-0.39, 0.29) is 0 Å². The van der Waals surface area contributed by atoms with Gasteiger partial charge in [-0.25, -0.2) is 0 Å². The second-order valence-corrected chi connectivity index (χ2v) is 5.41. The Morgan fingerprint density at radius 2 is 2.06 bits per heavy atom. The first-order chi connectivity index (χ1) is 8.55. The van der Waals surface area contributed by atoms with Gasteiger partial charge in [0.05, 0.1) is 5.41 Å². The van der Waals surface area contributed by atoms with Crippen molar-refractivity contribution >= 4 is 5.97 Å². The van der Waals surface area contributed by atoms with Crippen LogP contribution in [-0.4, -0.2) is 24.2 Å². The van der Waals surface area contributed by atoms with E-state index in [9.17, 15) is 9.90 Å². The van der Waals surface area contributed by atoms with Gasteiger partial charge in [-0.2, -0.15) is 0 Å². The summed E-state index contributed by atoms with van der Waals surface area (Å²) in [5, 5.41) is 12.8. The zero-order chi connectivity index (χ0) is 13.2. The largest absolute Gasteiger partial charge is 0.481 e. The summed E-state index contributed by atoms with van der Waals surface area (Å²) in [5.41, 5.74) is 2.96. The van der Waals surface area contributed by atoms with Gasteiger partial charge < -0.3 is 10.4 Å². The van der Waals surface area contributed by atoms with Gasteiger partial charge in [0, 0.05) is 6.54 Å². The maximum atomic E-state index is 11.7. The second-order valence-electron chi connectivity index (χ2n) is 5.41. The highest BCUT2D eigenvalue weighted by Gasteiger charge is 2.40. The van der Waals surface area contributed by atoms with Crippen molar-refractivity contribution in [2.45, 2.75) is 33.1 Å². The van der Waals surface area contributed by atoms with E-state index in [1.165, 1.54) is 16.7 Å². The lowest BCUT2D eigenvalue weighted by atomic mass is 9.74. The predicted molar refractivity (Wildman–Crippen MR) is 71.8 cm³/mol. The molecule has 0 radical (unpaired) electrons. The first-order valence-corrected chi connectivity index (χ1v) is 6.54. The van der Waals surface area contributed by atoms with Crippen molar-refractivity contribution < 1.29 is 9.90 Å². The highest BCUT2D eigenvalue weighted by Crippen LogP contribution is 2.33. The number of hydrogen-bond acceptors (Lipinski definition) is 2. The van der Waals surface area contributed by atoms with E-state index in [1.54, 1.807) is 0 Å². The zero-order valence-electron chi connectivity index (χ0n) is 11.1. The molecule has 1 saturated heterocycles. The second kappa shape index (κ2) is 5.11. The van der Waals surface area contributed by atoms with Gasteiger partial charge in [0.25, 0.3) is 0 Å². The molecule has 1 aliphatic heterocycles. The lowest BCUT2D eigenvalue weighted by molar-refractivity contribution is -0.150. The summed E-state index contributed by atoms with van der Waals surface area (Å²) in [6, 6.07) is 6.16. The Morgan fingerprint density at radius 3 is 2.56 bits per heavy atom. The molecule has 0 aliphatic carbocycles. The third-order valence-electron chi connectivity index (χ3n) is 4.09. The molecular weight excluding hydrogens is 226 g/mol. The Kier molecular flexibility index (Phi) is 3.71. The molecule has 0 spiro atoms. The van der Waals surface area contributed by atoms with Gasteiger partial charge in [-0.05, 0) is 56.3 Å². The Balaban J connectivity index is 2.32. The molecule has 1 aromatic carbocycles. The van der Waals surface area contributed by atoms with Crippen molar-refractivity contribution in [1.29, 1.82) is 0 Å². The molecule has 3 nitrogen and oxygen atoms in total. The minimum absolute atomic E-state index is 0.579. The van der Waals surface area contributed by atoms with Crippen molar-refractivity contribution in [2.75, 3.05) is 13.1 Å². The molecular formula is C15H21NO2. The number of aryl methyl sites for hydroxylation is 2. The summed E-state index contributed by atoms with van der Waals surface area (Å²) in [4.78, 5) is 11.7. The van der Waals surface area contributed by atoms with Crippen LogP contribution in [0.15, 0.2) is 18.2 Å². The number of carboxylic acids is 1. The van der Waals surface area contributed by atoms with Gasteiger partial charge in [-0.15, -0.1) is 0 Å². The standard InChI is InChI=1S/C15H21NO2/c1-11-5-3-6-12(2)13(11)9-15(14(17)18)7-4-8-16-10-15/h3,5-6,16H,4,7-10H2,1-2H3,(H,17,18). The number of aliphatic carboxylic acids is 1. The normalized spacial score (nSPS) is 23.9. The molecule has 3 heteroatoms. The van der Waals surface area contributed by atoms with Crippen molar-refractivity contribution in [2.24, 2.45) is 5.41 Å². The number of benzene rings is 1. The first-order valence-electron chi connectivity index (χ1n) is 6.54. The van der Waals surface area contributed by atoms with Crippen LogP contribution in [0.2, 0.25) is 0 Å². The van der Waals surface area contributed by atoms with Crippen molar-refractivity contribution in [3.8, 4) is 0 Å². The van der Waals surface area contributed by atoms with E-state index in [2.05, 4.69) is 31.3 Å². The molecule has 1 aliphatic rings. The number of carboxylic acid groups (broad SMARTS) is 1. The summed E-state index contributed by atoms with van der Waals surface area (Å²) < 4.78 is 0. The highest BCUT2D eigenvalue weighted by atomic mass is 16.4. The maximum absolute atomic E-state index is 11.7. The molecule has 0 bridgehead atoms. The zero-order valence-corrected chi connectivity index (χ0v) is 11.1. The van der Waals surface area contributed by atoms with E-state index in [0.29, 0.717) is 13.0 Å². The number of rotatable bonds is 3. The van der Waals surface area contributed by atoms with Crippen LogP contribution < -0.4 is 5.32 Å². The molecule has 0 amide bonds. The lowest BCUT2D eigenvalue weighted by Gasteiger charge is -2.34. The van der Waals surface area contributed by atoms with Gasteiger partial charge in [0.1, 0.15) is 0 Å². The van der Waals surface area contributed by atoms with Crippen LogP contribution in [-0.2, 0) is 11.2 Å². The third kappa shape index (κ3) is 2.41. The lowest BCUT2D eigenvalue weighted by Crippen LogP contribution is -2.47. The van der Waals surface area contributed by atoms with Gasteiger partial charge in [0.15, 0.2) is 0 Å². The molecule has 0 saturated carbocycles. The summed E-state index contributed by atoms with van der Waals surface area (Å²) in [6.07, 6.45) is 2.34. The van der Waals surface area contributed by atoms with E-state index < -0.39 is 11.4 Å². The number of hydrogen-bond donors (Lipinski definition) is 2. The Bertz CT molecular complexity index is 428. The molecule has 2 N–H and O–H groups in total. The first kappa shape index (κ1) is 13.1. The molecule has 2 rings (SSSR count). The minimum atomic E-state index is -0.669. The van der Waals surface area contributed by atoms with Crippen LogP contribution in [0.25, 0.3) is 0 Å². The highest BCUT2D eigenvalue weighted by molar-refractivity contribution is 5.75. The van der Waals surface area contributed by atoms with Crippen molar-refractivity contribution in [3.63, 3.8) is 0 Å². The SMILES string of the molecule is Cc1cccc(C)c1CC1(C(=O)O)CCCNC1. The Morgan fingerprint density at radius 1 is 1.39 bits per heavy atom. The average Bonchev–Trinajstić information content (AvgIpc) is 2.35. The molecule has 1 fully saturated rings. The molecule has 1 atom stereocenters. The number of nitrogens with one attached hydrogen (secondary N) is 1. The smallest absolute Gasteiger partial charge is 0.311 e. The molecule has 98 valence electrons. The molecule has 0 aromatic heterocycles. The van der Waals surface area contributed by atoms with Crippen LogP contribution in [0.5, 0.6) is 0 Å². The quantitative estimate of drug-likeness (QED) is 0.861. The van der Waals surface area contributed by atoms with E-state index >= 15 is 0 Å². The minimum Gasteiger partial charge on any atom is -0.481 e. The van der Waals surface area contributed by atoms with Gasteiger partial charge in [0.2, 0.25) is 0 Å². The van der Waals surface area contributed by atoms with Crippen molar-refractivity contribution in [1.82, 2.24) is 5.32 Å². The molecule has 18 heavy (non-hydrogen) atoms. The van der Waals surface area contributed by atoms with Crippen LogP contribution >= 0.6 is 0 Å². The predicted octanol–water partition coefficient (Wildman–Crippen LogP) is 2.30. The average molecular weight is 247 g/mol. The Hall–Kier alpha value is -1.35. The van der Waals surface area contributed by atoms with E-state index in [1.807, 2.05) is 6.07 Å². The third-order valence-corrected chi connectivity index (χ3v) is 4.09. The topological polar surface area (TPSA) is 49.3 Å². The summed E-state index contributed by atoms with van der Waals surface area (Å²) >= 11 is 0. The van der Waals surface area contributed by atoms with E-state index in [4.69, 9.17) is 0 Å². The van der Waals surface area contributed by atoms with Gasteiger partial charge in [-0.3, -0.25) is 4.79 Å². The fourth-order valence-electron chi connectivity index (χ4n) is 2.84. The van der Waals surface area contributed by atoms with Crippen LogP contribution in [0.4, 0.5) is 0 Å². The maximum Gasteiger partial charge on any atom is 0.311 e. The summed E-state index contributed by atoms with van der Waals surface area (Å²) in [7, 11) is 0. The van der Waals surface area contributed by atoms with Crippen LogP contribution in [0.1, 0.15) is 29.5 Å². The fourth-order valence-corrected chi connectivity index (χ4v) is 2.84. The molecule has 1 aromatic rings. The molecule has 1 unspecified atom stereocenters. The fraction of sp³-hybridized carbons (Fsp3) is 0.533. The Labute approximate surface area is 108 Å². The molecule has 1 heterocycles. The number of piperidine rings is 1. The van der Waals surface area contributed by atoms with Crippen LogP contribution in [0.3, 0.4) is 0 Å².